The summed E-state index contributed by atoms with van der Waals surface area (Å²) in [6.07, 6.45) is 0.375. The summed E-state index contributed by atoms with van der Waals surface area (Å²) in [5.41, 5.74) is 2.27. The third-order valence-corrected chi connectivity index (χ3v) is 8.04. The lowest BCUT2D eigenvalue weighted by Gasteiger charge is -2.33. The fraction of sp³-hybridized carbons (Fsp3) is 0.333. The van der Waals surface area contributed by atoms with E-state index in [0.717, 1.165) is 15.4 Å². The number of hydrogen-bond donors (Lipinski definition) is 1. The molecule has 0 spiro atoms. The molecule has 0 heterocycles. The second kappa shape index (κ2) is 13.8. The van der Waals surface area contributed by atoms with Gasteiger partial charge in [-0.1, -0.05) is 55.0 Å². The first-order valence-electron chi connectivity index (χ1n) is 13.1. The van der Waals surface area contributed by atoms with Crippen molar-refractivity contribution in [1.82, 2.24) is 10.2 Å². The predicted molar refractivity (Wildman–Crippen MR) is 153 cm³/mol. The van der Waals surface area contributed by atoms with Gasteiger partial charge in [-0.15, -0.1) is 0 Å². The van der Waals surface area contributed by atoms with Gasteiger partial charge in [0.25, 0.3) is 10.0 Å². The molecule has 8 nitrogen and oxygen atoms in total. The van der Waals surface area contributed by atoms with Crippen LogP contribution in [0.5, 0.6) is 5.75 Å². The first-order valence-corrected chi connectivity index (χ1v) is 14.6. The van der Waals surface area contributed by atoms with E-state index in [0.29, 0.717) is 31.0 Å². The molecule has 3 aromatic carbocycles. The van der Waals surface area contributed by atoms with E-state index >= 15 is 0 Å². The number of likely N-dealkylation sites (N-methyl/N-ethyl adjacent to an activating group) is 1. The third-order valence-electron chi connectivity index (χ3n) is 6.26. The highest BCUT2D eigenvalue weighted by Crippen LogP contribution is 2.26. The predicted octanol–water partition coefficient (Wildman–Crippen LogP) is 4.53. The number of benzene rings is 3. The highest BCUT2D eigenvalue weighted by atomic mass is 32.2. The number of amides is 2. The van der Waals surface area contributed by atoms with Crippen molar-refractivity contribution in [3.05, 3.63) is 90.0 Å². The Kier molecular flexibility index (Phi) is 10.5. The van der Waals surface area contributed by atoms with Gasteiger partial charge >= 0.3 is 0 Å². The van der Waals surface area contributed by atoms with Crippen molar-refractivity contribution in [2.24, 2.45) is 0 Å². The molecule has 1 N–H and O–H groups in total. The Morgan fingerprint density at radius 2 is 1.54 bits per heavy atom. The molecule has 9 heteroatoms. The smallest absolute Gasteiger partial charge is 0.264 e. The Hall–Kier alpha value is -3.85. The van der Waals surface area contributed by atoms with E-state index in [1.165, 1.54) is 17.0 Å². The van der Waals surface area contributed by atoms with E-state index in [1.807, 2.05) is 52.0 Å². The van der Waals surface area contributed by atoms with Crippen LogP contribution in [0.25, 0.3) is 0 Å². The highest BCUT2D eigenvalue weighted by molar-refractivity contribution is 7.92. The molecule has 3 rings (SSSR count). The van der Waals surface area contributed by atoms with Crippen molar-refractivity contribution in [3.8, 4) is 5.75 Å². The van der Waals surface area contributed by atoms with Crippen LogP contribution < -0.4 is 14.4 Å². The van der Waals surface area contributed by atoms with Gasteiger partial charge in [0, 0.05) is 13.1 Å². The molecule has 2 amide bonds. The van der Waals surface area contributed by atoms with Crippen LogP contribution in [0, 0.1) is 6.92 Å². The summed E-state index contributed by atoms with van der Waals surface area (Å²) < 4.78 is 34.3. The van der Waals surface area contributed by atoms with Crippen LogP contribution in [0.1, 0.15) is 38.3 Å². The van der Waals surface area contributed by atoms with Crippen LogP contribution in [-0.4, -0.2) is 50.9 Å². The van der Waals surface area contributed by atoms with E-state index in [4.69, 9.17) is 4.74 Å². The summed E-state index contributed by atoms with van der Waals surface area (Å²) in [5, 5.41) is 2.81. The Balaban J connectivity index is 2.01. The molecule has 3 aromatic rings. The molecule has 0 radical (unpaired) electrons. The molecule has 1 unspecified atom stereocenters. The first kappa shape index (κ1) is 29.7. The van der Waals surface area contributed by atoms with Gasteiger partial charge < -0.3 is 15.0 Å². The van der Waals surface area contributed by atoms with Crippen LogP contribution in [0.4, 0.5) is 5.69 Å². The van der Waals surface area contributed by atoms with Crippen LogP contribution in [0.3, 0.4) is 0 Å². The molecular weight excluding hydrogens is 514 g/mol. The van der Waals surface area contributed by atoms with Gasteiger partial charge in [0.15, 0.2) is 0 Å². The monoisotopic (exact) mass is 551 g/mol. The Morgan fingerprint density at radius 1 is 0.897 bits per heavy atom. The zero-order valence-corrected chi connectivity index (χ0v) is 23.8. The van der Waals surface area contributed by atoms with Crippen molar-refractivity contribution >= 4 is 27.5 Å². The van der Waals surface area contributed by atoms with Crippen molar-refractivity contribution in [2.75, 3.05) is 24.0 Å². The largest absolute Gasteiger partial charge is 0.494 e. The minimum Gasteiger partial charge on any atom is -0.494 e. The molecule has 0 aliphatic rings. The molecule has 0 saturated carbocycles. The maximum atomic E-state index is 13.9. The molecular formula is C30H37N3O5S. The third kappa shape index (κ3) is 7.60. The van der Waals surface area contributed by atoms with Gasteiger partial charge in [-0.3, -0.25) is 13.9 Å². The summed E-state index contributed by atoms with van der Waals surface area (Å²) in [7, 11) is -4.13. The average molecular weight is 552 g/mol. The second-order valence-corrected chi connectivity index (χ2v) is 10.9. The molecule has 0 aliphatic carbocycles. The van der Waals surface area contributed by atoms with Crippen LogP contribution in [0.15, 0.2) is 83.8 Å². The molecule has 0 fully saturated rings. The minimum atomic E-state index is -4.13. The van der Waals surface area contributed by atoms with Crippen LogP contribution in [0.2, 0.25) is 0 Å². The molecule has 1 atom stereocenters. The van der Waals surface area contributed by atoms with E-state index < -0.39 is 28.5 Å². The number of para-hydroxylation sites is 1. The quantitative estimate of drug-likeness (QED) is 0.337. The molecule has 0 aromatic heterocycles. The lowest BCUT2D eigenvalue weighted by molar-refractivity contribution is -0.140. The van der Waals surface area contributed by atoms with Crippen LogP contribution in [-0.2, 0) is 26.2 Å². The topological polar surface area (TPSA) is 96.0 Å². The first-order chi connectivity index (χ1) is 18.7. The van der Waals surface area contributed by atoms with E-state index in [1.54, 1.807) is 42.5 Å². The van der Waals surface area contributed by atoms with Gasteiger partial charge in [0.2, 0.25) is 11.8 Å². The number of sulfonamides is 1. The molecule has 0 aliphatic heterocycles. The number of nitrogens with zero attached hydrogens (tertiary/aromatic N) is 2. The van der Waals surface area contributed by atoms with Gasteiger partial charge in [0.05, 0.1) is 17.2 Å². The summed E-state index contributed by atoms with van der Waals surface area (Å²) in [6, 6.07) is 21.6. The number of aryl methyl sites for hydroxylation is 1. The van der Waals surface area contributed by atoms with E-state index in [-0.39, 0.29) is 17.3 Å². The summed E-state index contributed by atoms with van der Waals surface area (Å²) in [4.78, 5) is 28.4. The highest BCUT2D eigenvalue weighted by Gasteiger charge is 2.33. The van der Waals surface area contributed by atoms with Gasteiger partial charge in [-0.25, -0.2) is 8.42 Å². The molecule has 0 saturated heterocycles. The zero-order chi connectivity index (χ0) is 28.4. The number of carbonyl (C=O) groups excluding carboxylic acids is 2. The number of ether oxygens (including phenoxy) is 1. The van der Waals surface area contributed by atoms with Crippen molar-refractivity contribution < 1.29 is 22.7 Å². The molecule has 0 bridgehead atoms. The van der Waals surface area contributed by atoms with E-state index in [2.05, 4.69) is 5.32 Å². The lowest BCUT2D eigenvalue weighted by atomic mass is 10.1. The Bertz CT molecular complexity index is 1330. The fourth-order valence-corrected chi connectivity index (χ4v) is 5.64. The Morgan fingerprint density at radius 3 is 2.10 bits per heavy atom. The Labute approximate surface area is 231 Å². The molecule has 208 valence electrons. The maximum Gasteiger partial charge on any atom is 0.264 e. The lowest BCUT2D eigenvalue weighted by Crippen LogP contribution is -2.52. The summed E-state index contributed by atoms with van der Waals surface area (Å²) in [5.74, 6) is -0.205. The van der Waals surface area contributed by atoms with E-state index in [9.17, 15) is 18.0 Å². The summed E-state index contributed by atoms with van der Waals surface area (Å²) in [6.45, 7) is 8.04. The minimum absolute atomic E-state index is 0.0310. The second-order valence-electron chi connectivity index (χ2n) is 9.08. The van der Waals surface area contributed by atoms with Crippen molar-refractivity contribution in [1.29, 1.82) is 0 Å². The number of nitrogens with one attached hydrogen (secondary N) is 1. The maximum absolute atomic E-state index is 13.9. The molecule has 39 heavy (non-hydrogen) atoms. The SMILES string of the molecule is CCNC(=O)C(CC)N(Cc1ccc(C)cc1)C(=O)CN(c1ccccc1)S(=O)(=O)c1ccc(OCC)cc1. The normalized spacial score (nSPS) is 11.9. The van der Waals surface area contributed by atoms with Gasteiger partial charge in [0.1, 0.15) is 18.3 Å². The summed E-state index contributed by atoms with van der Waals surface area (Å²) >= 11 is 0. The number of carbonyl (C=O) groups is 2. The number of rotatable bonds is 13. The average Bonchev–Trinajstić information content (AvgIpc) is 2.93. The number of hydrogen-bond acceptors (Lipinski definition) is 5. The van der Waals surface area contributed by atoms with Gasteiger partial charge in [-0.2, -0.15) is 0 Å². The zero-order valence-electron chi connectivity index (χ0n) is 23.0. The standard InChI is InChI=1S/C30H37N3O5S/c1-5-28(30(35)31-6-2)32(21-24-15-13-23(4)14-16-24)29(34)22-33(25-11-9-8-10-12-25)39(36,37)27-19-17-26(18-20-27)38-7-3/h8-20,28H,5-7,21-22H2,1-4H3,(H,31,35). The van der Waals surface area contributed by atoms with Crippen molar-refractivity contribution in [3.63, 3.8) is 0 Å². The van der Waals surface area contributed by atoms with Crippen molar-refractivity contribution in [2.45, 2.75) is 51.6 Å². The number of anilines is 1. The fourth-order valence-electron chi connectivity index (χ4n) is 4.23. The van der Waals surface area contributed by atoms with Gasteiger partial charge in [-0.05, 0) is 69.2 Å². The van der Waals surface area contributed by atoms with Crippen LogP contribution >= 0.6 is 0 Å².